The highest BCUT2D eigenvalue weighted by atomic mass is 32.1. The molecule has 0 bridgehead atoms. The van der Waals surface area contributed by atoms with Crippen molar-refractivity contribution in [2.75, 3.05) is 13.7 Å². The van der Waals surface area contributed by atoms with E-state index in [9.17, 15) is 4.79 Å². The molecule has 0 aromatic carbocycles. The number of carbonyl (C=O) groups is 1. The molecule has 1 radical (unpaired) electrons. The summed E-state index contributed by atoms with van der Waals surface area (Å²) in [5.74, 6) is -0.449. The fourth-order valence-electron chi connectivity index (χ4n) is 0.107. The maximum atomic E-state index is 10.00. The van der Waals surface area contributed by atoms with Gasteiger partial charge in [0.25, 0.3) is 0 Å². The van der Waals surface area contributed by atoms with E-state index in [-0.39, 0.29) is 6.61 Å². The van der Waals surface area contributed by atoms with Gasteiger partial charge in [0.05, 0.1) is 20.0 Å². The van der Waals surface area contributed by atoms with Gasteiger partial charge < -0.3 is 4.74 Å². The SMILES string of the molecule is COC(=O)CO[S]. The number of hydrogen-bond donors (Lipinski definition) is 0. The van der Waals surface area contributed by atoms with E-state index in [0.29, 0.717) is 0 Å². The lowest BCUT2D eigenvalue weighted by molar-refractivity contribution is -0.142. The Kier molecular flexibility index (Phi) is 3.83. The van der Waals surface area contributed by atoms with Crippen molar-refractivity contribution >= 4 is 18.9 Å². The van der Waals surface area contributed by atoms with Gasteiger partial charge in [-0.3, -0.25) is 4.18 Å². The van der Waals surface area contributed by atoms with Crippen LogP contribution < -0.4 is 0 Å². The van der Waals surface area contributed by atoms with Crippen molar-refractivity contribution in [2.45, 2.75) is 0 Å². The van der Waals surface area contributed by atoms with Crippen molar-refractivity contribution in [1.82, 2.24) is 0 Å². The first-order valence-corrected chi connectivity index (χ1v) is 1.96. The highest BCUT2D eigenvalue weighted by Crippen LogP contribution is 1.78. The number of esters is 1. The Bertz CT molecular complexity index is 63.2. The zero-order valence-corrected chi connectivity index (χ0v) is 4.66. The predicted molar refractivity (Wildman–Crippen MR) is 25.6 cm³/mol. The van der Waals surface area contributed by atoms with E-state index in [2.05, 4.69) is 21.8 Å². The highest BCUT2D eigenvalue weighted by molar-refractivity contribution is 7.75. The third kappa shape index (κ3) is 3.61. The lowest BCUT2D eigenvalue weighted by atomic mass is 10.8. The van der Waals surface area contributed by atoms with Crippen molar-refractivity contribution in [3.8, 4) is 0 Å². The maximum Gasteiger partial charge on any atom is 0.333 e. The van der Waals surface area contributed by atoms with Crippen LogP contribution in [0.15, 0.2) is 0 Å². The van der Waals surface area contributed by atoms with Gasteiger partial charge >= 0.3 is 5.97 Å². The first-order chi connectivity index (χ1) is 3.31. The van der Waals surface area contributed by atoms with E-state index < -0.39 is 5.97 Å². The largest absolute Gasteiger partial charge is 0.467 e. The van der Waals surface area contributed by atoms with E-state index in [4.69, 9.17) is 0 Å². The minimum Gasteiger partial charge on any atom is -0.467 e. The molecule has 0 saturated heterocycles. The van der Waals surface area contributed by atoms with Gasteiger partial charge in [-0.1, -0.05) is 0 Å². The lowest BCUT2D eigenvalue weighted by Gasteiger charge is -1.90. The molecular weight excluding hydrogens is 116 g/mol. The molecule has 0 spiro atoms. The first kappa shape index (κ1) is 6.78. The molecule has 0 saturated carbocycles. The van der Waals surface area contributed by atoms with E-state index in [0.717, 1.165) is 0 Å². The van der Waals surface area contributed by atoms with Crippen molar-refractivity contribution in [3.05, 3.63) is 0 Å². The van der Waals surface area contributed by atoms with Crippen LogP contribution in [-0.2, 0) is 13.7 Å². The molecule has 0 unspecified atom stereocenters. The summed E-state index contributed by atoms with van der Waals surface area (Å²) < 4.78 is 8.16. The second kappa shape index (κ2) is 3.95. The number of methoxy groups -OCH3 is 1. The second-order valence-electron chi connectivity index (χ2n) is 0.838. The summed E-state index contributed by atoms with van der Waals surface area (Å²) in [5.41, 5.74) is 0. The Morgan fingerprint density at radius 1 is 1.86 bits per heavy atom. The Balaban J connectivity index is 3.00. The fraction of sp³-hybridized carbons (Fsp3) is 0.667. The molecule has 0 N–H and O–H groups in total. The zero-order valence-electron chi connectivity index (χ0n) is 3.84. The normalized spacial score (nSPS) is 8.29. The van der Waals surface area contributed by atoms with Crippen LogP contribution in [0.4, 0.5) is 0 Å². The molecule has 0 aliphatic carbocycles. The third-order valence-corrected chi connectivity index (χ3v) is 0.522. The molecule has 0 aromatic heterocycles. The average Bonchev–Trinajstić information content (AvgIpc) is 1.68. The van der Waals surface area contributed by atoms with Crippen LogP contribution in [0.2, 0.25) is 0 Å². The molecule has 0 atom stereocenters. The summed E-state index contributed by atoms with van der Waals surface area (Å²) in [6.45, 7) is -0.147. The van der Waals surface area contributed by atoms with Crippen LogP contribution in [0.3, 0.4) is 0 Å². The van der Waals surface area contributed by atoms with Crippen LogP contribution >= 0.6 is 12.9 Å². The van der Waals surface area contributed by atoms with Gasteiger partial charge in [-0.2, -0.15) is 0 Å². The summed E-state index contributed by atoms with van der Waals surface area (Å²) in [7, 11) is 1.27. The Labute approximate surface area is 47.2 Å². The van der Waals surface area contributed by atoms with Gasteiger partial charge in [-0.25, -0.2) is 4.79 Å². The molecule has 3 nitrogen and oxygen atoms in total. The van der Waals surface area contributed by atoms with Crippen LogP contribution in [0.1, 0.15) is 0 Å². The van der Waals surface area contributed by atoms with Crippen molar-refractivity contribution < 1.29 is 13.7 Å². The number of rotatable bonds is 2. The topological polar surface area (TPSA) is 35.5 Å². The smallest absolute Gasteiger partial charge is 0.333 e. The predicted octanol–water partition coefficient (Wildman–Crippen LogP) is 0.288. The third-order valence-electron chi connectivity index (χ3n) is 0.404. The molecule has 0 aliphatic rings. The zero-order chi connectivity index (χ0) is 5.70. The van der Waals surface area contributed by atoms with E-state index in [1.165, 1.54) is 7.11 Å². The van der Waals surface area contributed by atoms with Gasteiger partial charge in [0.15, 0.2) is 6.61 Å². The van der Waals surface area contributed by atoms with E-state index >= 15 is 0 Å². The fourth-order valence-corrected chi connectivity index (χ4v) is 0.203. The molecule has 0 fully saturated rings. The van der Waals surface area contributed by atoms with Crippen LogP contribution in [0.5, 0.6) is 0 Å². The minimum atomic E-state index is -0.449. The Hall–Kier alpha value is -0.220. The van der Waals surface area contributed by atoms with Crippen LogP contribution in [0.25, 0.3) is 0 Å². The van der Waals surface area contributed by atoms with Gasteiger partial charge in [0.1, 0.15) is 0 Å². The summed E-state index contributed by atoms with van der Waals surface area (Å²) >= 11 is 3.99. The standard InChI is InChI=1S/C3H5O3S/c1-5-3(4)2-6-7/h2H2,1H3. The molecular formula is C3H5O3S. The summed E-state index contributed by atoms with van der Waals surface area (Å²) in [6, 6.07) is 0. The van der Waals surface area contributed by atoms with E-state index in [1.807, 2.05) is 0 Å². The number of ether oxygens (including phenoxy) is 1. The molecule has 0 aromatic rings. The van der Waals surface area contributed by atoms with Gasteiger partial charge in [-0.15, -0.1) is 0 Å². The number of carbonyl (C=O) groups excluding carboxylic acids is 1. The summed E-state index contributed by atoms with van der Waals surface area (Å²) in [6.07, 6.45) is 0. The molecule has 7 heavy (non-hydrogen) atoms. The second-order valence-corrected chi connectivity index (χ2v) is 1.07. The van der Waals surface area contributed by atoms with Crippen LogP contribution in [-0.4, -0.2) is 19.7 Å². The molecule has 41 valence electrons. The minimum absolute atomic E-state index is 0.147. The monoisotopic (exact) mass is 121 g/mol. The molecule has 4 heteroatoms. The summed E-state index contributed by atoms with van der Waals surface area (Å²) in [4.78, 5) is 10.00. The Morgan fingerprint density at radius 2 is 2.43 bits per heavy atom. The number of hydrogen-bond acceptors (Lipinski definition) is 3. The molecule has 0 aliphatic heterocycles. The molecule has 0 rings (SSSR count). The molecule has 0 heterocycles. The molecule has 0 amide bonds. The van der Waals surface area contributed by atoms with Crippen molar-refractivity contribution in [1.29, 1.82) is 0 Å². The maximum absolute atomic E-state index is 10.00. The highest BCUT2D eigenvalue weighted by Gasteiger charge is 1.94. The van der Waals surface area contributed by atoms with Gasteiger partial charge in [0, 0.05) is 0 Å². The quantitative estimate of drug-likeness (QED) is 0.492. The van der Waals surface area contributed by atoms with Gasteiger partial charge in [0.2, 0.25) is 0 Å². The Morgan fingerprint density at radius 3 is 2.57 bits per heavy atom. The van der Waals surface area contributed by atoms with Crippen molar-refractivity contribution in [2.24, 2.45) is 0 Å². The lowest BCUT2D eigenvalue weighted by Crippen LogP contribution is -2.05. The van der Waals surface area contributed by atoms with Crippen LogP contribution in [0, 0.1) is 0 Å². The average molecular weight is 121 g/mol. The first-order valence-electron chi connectivity index (χ1n) is 1.63. The van der Waals surface area contributed by atoms with Gasteiger partial charge in [-0.05, 0) is 0 Å². The van der Waals surface area contributed by atoms with Crippen molar-refractivity contribution in [3.63, 3.8) is 0 Å². The summed E-state index contributed by atoms with van der Waals surface area (Å²) in [5, 5.41) is 0. The van der Waals surface area contributed by atoms with E-state index in [1.54, 1.807) is 0 Å².